The third kappa shape index (κ3) is 3.35. The standard InChI is InChI=1S/C31H27NOS/c1-18-14-21-10-11-22(17-27(21)34-18)30-19(2)28-26(33-30)12-13-32-29(28)23-15-20-8-6-7-9-24(20)25(16-23)31(3,4)5/h6-17H,1-5H3. The average molecular weight is 462 g/mol. The molecule has 0 spiro atoms. The summed E-state index contributed by atoms with van der Waals surface area (Å²) in [5, 5.41) is 4.92. The van der Waals surface area contributed by atoms with Crippen LogP contribution in [0.2, 0.25) is 0 Å². The topological polar surface area (TPSA) is 26.0 Å². The molecule has 0 aliphatic heterocycles. The fourth-order valence-electron chi connectivity index (χ4n) is 5.06. The number of rotatable bonds is 2. The summed E-state index contributed by atoms with van der Waals surface area (Å²) in [4.78, 5) is 6.20. The van der Waals surface area contributed by atoms with E-state index < -0.39 is 0 Å². The second-order valence-corrected chi connectivity index (χ2v) is 11.5. The van der Waals surface area contributed by atoms with Gasteiger partial charge in [0, 0.05) is 32.5 Å². The first-order chi connectivity index (χ1) is 16.3. The van der Waals surface area contributed by atoms with Crippen LogP contribution in [0.25, 0.3) is 54.4 Å². The van der Waals surface area contributed by atoms with Crippen molar-refractivity contribution in [2.75, 3.05) is 0 Å². The Labute approximate surface area is 203 Å². The van der Waals surface area contributed by atoms with Crippen LogP contribution >= 0.6 is 11.3 Å². The van der Waals surface area contributed by atoms with E-state index in [2.05, 4.69) is 95.3 Å². The molecule has 3 heterocycles. The number of furan rings is 1. The third-order valence-corrected chi connectivity index (χ3v) is 7.70. The quantitative estimate of drug-likeness (QED) is 0.257. The minimum absolute atomic E-state index is 0.0222. The van der Waals surface area contributed by atoms with Crippen molar-refractivity contribution in [2.24, 2.45) is 0 Å². The number of aryl methyl sites for hydroxylation is 2. The van der Waals surface area contributed by atoms with Gasteiger partial charge in [0.1, 0.15) is 11.3 Å². The molecule has 3 heteroatoms. The molecule has 0 fully saturated rings. The van der Waals surface area contributed by atoms with E-state index in [-0.39, 0.29) is 5.41 Å². The van der Waals surface area contributed by atoms with E-state index in [0.717, 1.165) is 39.1 Å². The Morgan fingerprint density at radius 1 is 0.824 bits per heavy atom. The van der Waals surface area contributed by atoms with Gasteiger partial charge in [-0.05, 0) is 71.3 Å². The molecule has 2 nitrogen and oxygen atoms in total. The number of nitrogens with zero attached hydrogens (tertiary/aromatic N) is 1. The number of aromatic nitrogens is 1. The Hall–Kier alpha value is -3.43. The maximum absolute atomic E-state index is 6.45. The first-order valence-corrected chi connectivity index (χ1v) is 12.5. The highest BCUT2D eigenvalue weighted by atomic mass is 32.1. The van der Waals surface area contributed by atoms with Crippen LogP contribution in [0.1, 0.15) is 36.8 Å². The Morgan fingerprint density at radius 2 is 1.65 bits per heavy atom. The number of hydrogen-bond acceptors (Lipinski definition) is 3. The first-order valence-electron chi connectivity index (χ1n) is 11.7. The summed E-state index contributed by atoms with van der Waals surface area (Å²) in [5.41, 5.74) is 6.60. The molecule has 6 rings (SSSR count). The van der Waals surface area contributed by atoms with Crippen molar-refractivity contribution in [1.29, 1.82) is 0 Å². The van der Waals surface area contributed by atoms with Gasteiger partial charge in [-0.2, -0.15) is 0 Å². The van der Waals surface area contributed by atoms with Gasteiger partial charge in [-0.3, -0.25) is 4.98 Å². The largest absolute Gasteiger partial charge is 0.456 e. The lowest BCUT2D eigenvalue weighted by Gasteiger charge is -2.22. The average Bonchev–Trinajstić information content (AvgIpc) is 3.36. The molecular weight excluding hydrogens is 434 g/mol. The van der Waals surface area contributed by atoms with Crippen LogP contribution in [-0.4, -0.2) is 4.98 Å². The lowest BCUT2D eigenvalue weighted by Crippen LogP contribution is -2.12. The summed E-state index contributed by atoms with van der Waals surface area (Å²) in [5.74, 6) is 0.925. The van der Waals surface area contributed by atoms with Gasteiger partial charge in [0.2, 0.25) is 0 Å². The molecule has 3 aromatic heterocycles. The fourth-order valence-corrected chi connectivity index (χ4v) is 6.02. The molecule has 168 valence electrons. The zero-order valence-electron chi connectivity index (χ0n) is 20.2. The molecule has 0 N–H and O–H groups in total. The molecule has 0 unspecified atom stereocenters. The van der Waals surface area contributed by atoms with Gasteiger partial charge in [0.05, 0.1) is 11.1 Å². The molecule has 0 amide bonds. The molecule has 0 aliphatic rings. The molecule has 0 bridgehead atoms. The van der Waals surface area contributed by atoms with Gasteiger partial charge < -0.3 is 4.42 Å². The summed E-state index contributed by atoms with van der Waals surface area (Å²) in [6, 6.07) is 24.0. The lowest BCUT2D eigenvalue weighted by molar-refractivity contribution is 0.596. The van der Waals surface area contributed by atoms with E-state index in [1.54, 1.807) is 0 Å². The summed E-state index contributed by atoms with van der Waals surface area (Å²) in [6.45, 7) is 11.1. The van der Waals surface area contributed by atoms with Crippen molar-refractivity contribution in [3.05, 3.63) is 88.9 Å². The summed E-state index contributed by atoms with van der Waals surface area (Å²) in [6.07, 6.45) is 1.86. The van der Waals surface area contributed by atoms with Crippen LogP contribution in [0.5, 0.6) is 0 Å². The molecule has 0 radical (unpaired) electrons. The molecule has 3 aromatic carbocycles. The molecule has 34 heavy (non-hydrogen) atoms. The highest BCUT2D eigenvalue weighted by molar-refractivity contribution is 7.19. The minimum atomic E-state index is 0.0222. The van der Waals surface area contributed by atoms with Crippen LogP contribution in [0, 0.1) is 13.8 Å². The number of benzene rings is 3. The molecule has 0 aliphatic carbocycles. The second-order valence-electron chi connectivity index (χ2n) is 10.2. The van der Waals surface area contributed by atoms with Crippen LogP contribution in [0.3, 0.4) is 0 Å². The second kappa shape index (κ2) is 7.54. The van der Waals surface area contributed by atoms with Gasteiger partial charge in [0.25, 0.3) is 0 Å². The molecular formula is C31H27NOS. The SMILES string of the molecule is Cc1cc2ccc(-c3oc4ccnc(-c5cc(C(C)(C)C)c6ccccc6c5)c4c3C)cc2s1. The number of hydrogen-bond donors (Lipinski definition) is 0. The van der Waals surface area contributed by atoms with E-state index in [9.17, 15) is 0 Å². The summed E-state index contributed by atoms with van der Waals surface area (Å²) >= 11 is 1.82. The van der Waals surface area contributed by atoms with Crippen molar-refractivity contribution in [3.8, 4) is 22.6 Å². The maximum atomic E-state index is 6.45. The van der Waals surface area contributed by atoms with Crippen molar-refractivity contribution < 1.29 is 4.42 Å². The van der Waals surface area contributed by atoms with E-state index in [0.29, 0.717) is 0 Å². The number of fused-ring (bicyclic) bond motifs is 3. The molecule has 0 atom stereocenters. The minimum Gasteiger partial charge on any atom is -0.456 e. The Balaban J connectivity index is 1.59. The number of pyridine rings is 1. The Morgan fingerprint density at radius 3 is 2.47 bits per heavy atom. The van der Waals surface area contributed by atoms with E-state index in [1.807, 2.05) is 23.6 Å². The van der Waals surface area contributed by atoms with Crippen molar-refractivity contribution in [3.63, 3.8) is 0 Å². The zero-order chi connectivity index (χ0) is 23.6. The highest BCUT2D eigenvalue weighted by Gasteiger charge is 2.22. The molecule has 0 saturated heterocycles. The van der Waals surface area contributed by atoms with Gasteiger partial charge >= 0.3 is 0 Å². The molecule has 0 saturated carbocycles. The fraction of sp³-hybridized carbons (Fsp3) is 0.194. The van der Waals surface area contributed by atoms with Gasteiger partial charge in [-0.15, -0.1) is 11.3 Å². The van der Waals surface area contributed by atoms with Crippen molar-refractivity contribution >= 4 is 43.2 Å². The lowest BCUT2D eigenvalue weighted by atomic mass is 9.82. The van der Waals surface area contributed by atoms with Gasteiger partial charge in [0.15, 0.2) is 0 Å². The van der Waals surface area contributed by atoms with Gasteiger partial charge in [-0.1, -0.05) is 57.2 Å². The molecule has 6 aromatic rings. The maximum Gasteiger partial charge on any atom is 0.138 e. The van der Waals surface area contributed by atoms with Crippen LogP contribution in [-0.2, 0) is 5.41 Å². The number of thiophene rings is 1. The highest BCUT2D eigenvalue weighted by Crippen LogP contribution is 2.41. The van der Waals surface area contributed by atoms with E-state index in [1.165, 1.54) is 31.3 Å². The normalized spacial score (nSPS) is 12.3. The zero-order valence-corrected chi connectivity index (χ0v) is 21.0. The van der Waals surface area contributed by atoms with Crippen molar-refractivity contribution in [2.45, 2.75) is 40.0 Å². The predicted octanol–water partition coefficient (Wildman–Crippen LogP) is 9.44. The summed E-state index contributed by atoms with van der Waals surface area (Å²) in [7, 11) is 0. The van der Waals surface area contributed by atoms with Crippen molar-refractivity contribution in [1.82, 2.24) is 4.98 Å². The summed E-state index contributed by atoms with van der Waals surface area (Å²) < 4.78 is 7.74. The Bertz CT molecular complexity index is 1710. The predicted molar refractivity (Wildman–Crippen MR) is 146 cm³/mol. The van der Waals surface area contributed by atoms with Crippen LogP contribution in [0.15, 0.2) is 77.3 Å². The van der Waals surface area contributed by atoms with Crippen LogP contribution < -0.4 is 0 Å². The van der Waals surface area contributed by atoms with Gasteiger partial charge in [-0.25, -0.2) is 0 Å². The Kier molecular flexibility index (Phi) is 4.69. The third-order valence-electron chi connectivity index (χ3n) is 6.69. The van der Waals surface area contributed by atoms with Crippen LogP contribution in [0.4, 0.5) is 0 Å². The smallest absolute Gasteiger partial charge is 0.138 e. The van der Waals surface area contributed by atoms with E-state index in [4.69, 9.17) is 9.40 Å². The monoisotopic (exact) mass is 461 g/mol. The van der Waals surface area contributed by atoms with E-state index >= 15 is 0 Å². The first kappa shape index (κ1) is 21.1.